The zero-order valence-electron chi connectivity index (χ0n) is 20.8. The van der Waals surface area contributed by atoms with E-state index in [1.807, 2.05) is 30.0 Å². The molecule has 1 saturated heterocycles. The van der Waals surface area contributed by atoms with Crippen LogP contribution in [0.4, 0.5) is 0 Å². The summed E-state index contributed by atoms with van der Waals surface area (Å²) in [5.74, 6) is 3.30. The molecule has 1 saturated carbocycles. The molecule has 1 amide bonds. The van der Waals surface area contributed by atoms with Gasteiger partial charge < -0.3 is 4.90 Å². The molecule has 3 aromatic rings. The van der Waals surface area contributed by atoms with Crippen LogP contribution in [0.5, 0.6) is 0 Å². The highest BCUT2D eigenvalue weighted by molar-refractivity contribution is 5.97. The maximum Gasteiger partial charge on any atom is 0.254 e. The number of aryl methyl sites for hydroxylation is 2. The van der Waals surface area contributed by atoms with Crippen LogP contribution in [0.1, 0.15) is 89.3 Å². The zero-order valence-corrected chi connectivity index (χ0v) is 20.8. The number of nitrogens with zero attached hydrogens (tertiary/aromatic N) is 4. The summed E-state index contributed by atoms with van der Waals surface area (Å²) in [6, 6.07) is 14.3. The summed E-state index contributed by atoms with van der Waals surface area (Å²) in [7, 11) is 0. The van der Waals surface area contributed by atoms with Crippen molar-refractivity contribution in [1.82, 2.24) is 20.1 Å². The Bertz CT molecular complexity index is 1260. The van der Waals surface area contributed by atoms with E-state index < -0.39 is 0 Å². The van der Waals surface area contributed by atoms with E-state index in [0.717, 1.165) is 54.4 Å². The lowest BCUT2D eigenvalue weighted by molar-refractivity contribution is 0.0712. The highest BCUT2D eigenvalue weighted by Crippen LogP contribution is 2.46. The number of aromatic nitrogens is 3. The van der Waals surface area contributed by atoms with Crippen molar-refractivity contribution in [2.24, 2.45) is 5.92 Å². The smallest absolute Gasteiger partial charge is 0.254 e. The van der Waals surface area contributed by atoms with E-state index in [0.29, 0.717) is 23.2 Å². The molecule has 1 aromatic heterocycles. The summed E-state index contributed by atoms with van der Waals surface area (Å²) in [6.45, 7) is 7.70. The number of amides is 1. The fourth-order valence-electron chi connectivity index (χ4n) is 5.69. The van der Waals surface area contributed by atoms with Gasteiger partial charge in [0.2, 0.25) is 0 Å². The fraction of sp³-hybridized carbons (Fsp3) is 0.448. The number of nitriles is 1. The lowest BCUT2D eigenvalue weighted by Crippen LogP contribution is -2.38. The van der Waals surface area contributed by atoms with Gasteiger partial charge in [0.25, 0.3) is 5.91 Å². The molecule has 6 heteroatoms. The number of nitrogens with one attached hydrogen (secondary N) is 1. The summed E-state index contributed by atoms with van der Waals surface area (Å²) >= 11 is 0. The van der Waals surface area contributed by atoms with Crippen molar-refractivity contribution < 1.29 is 4.79 Å². The Balaban J connectivity index is 1.36. The first-order valence-corrected chi connectivity index (χ1v) is 12.8. The molecule has 5 rings (SSSR count). The molecule has 0 spiro atoms. The van der Waals surface area contributed by atoms with E-state index in [2.05, 4.69) is 53.3 Å². The van der Waals surface area contributed by atoms with Crippen LogP contribution in [0.2, 0.25) is 0 Å². The number of H-pyrrole nitrogens is 1. The number of aromatic amines is 1. The molecule has 180 valence electrons. The van der Waals surface area contributed by atoms with E-state index in [1.165, 1.54) is 30.4 Å². The van der Waals surface area contributed by atoms with Crippen molar-refractivity contribution in [2.75, 3.05) is 13.1 Å². The van der Waals surface area contributed by atoms with Gasteiger partial charge in [0.05, 0.1) is 11.6 Å². The highest BCUT2D eigenvalue weighted by Gasteiger charge is 2.33. The number of piperidine rings is 1. The molecular weight excluding hydrogens is 434 g/mol. The summed E-state index contributed by atoms with van der Waals surface area (Å²) in [4.78, 5) is 20.2. The Hall–Kier alpha value is -3.46. The van der Waals surface area contributed by atoms with Gasteiger partial charge in [-0.25, -0.2) is 4.98 Å². The first-order chi connectivity index (χ1) is 17.0. The van der Waals surface area contributed by atoms with Crippen LogP contribution in [0.25, 0.3) is 11.4 Å². The third kappa shape index (κ3) is 4.60. The molecule has 2 aliphatic rings. The Morgan fingerprint density at radius 3 is 2.43 bits per heavy atom. The second-order valence-electron chi connectivity index (χ2n) is 10.2. The minimum Gasteiger partial charge on any atom is -0.339 e. The van der Waals surface area contributed by atoms with E-state index in [1.54, 1.807) is 0 Å². The normalized spacial score (nSPS) is 20.3. The number of likely N-dealkylation sites (tertiary alicyclic amines) is 1. The van der Waals surface area contributed by atoms with Crippen molar-refractivity contribution in [1.29, 1.82) is 5.26 Å². The number of carbonyl (C=O) groups excluding carboxylic acids is 1. The van der Waals surface area contributed by atoms with Crippen molar-refractivity contribution in [3.8, 4) is 17.5 Å². The van der Waals surface area contributed by atoms with Crippen LogP contribution in [0.15, 0.2) is 36.4 Å². The Kier molecular flexibility index (Phi) is 6.42. The van der Waals surface area contributed by atoms with E-state index >= 15 is 0 Å². The van der Waals surface area contributed by atoms with Crippen LogP contribution in [-0.4, -0.2) is 39.1 Å². The molecular formula is C29H33N5O. The van der Waals surface area contributed by atoms with E-state index in [9.17, 15) is 4.79 Å². The molecule has 1 N–H and O–H groups in total. The number of hydrogen-bond donors (Lipinski definition) is 1. The molecule has 2 fully saturated rings. The number of rotatable bonds is 5. The molecule has 35 heavy (non-hydrogen) atoms. The van der Waals surface area contributed by atoms with E-state index in [-0.39, 0.29) is 5.91 Å². The van der Waals surface area contributed by atoms with Crippen LogP contribution < -0.4 is 0 Å². The molecule has 0 bridgehead atoms. The average Bonchev–Trinajstić information content (AvgIpc) is 3.29. The molecule has 1 aliphatic heterocycles. The maximum absolute atomic E-state index is 13.6. The number of benzene rings is 2. The van der Waals surface area contributed by atoms with Crippen LogP contribution in [-0.2, 0) is 0 Å². The predicted octanol–water partition coefficient (Wildman–Crippen LogP) is 5.88. The Morgan fingerprint density at radius 1 is 1.11 bits per heavy atom. The van der Waals surface area contributed by atoms with Gasteiger partial charge in [-0.15, -0.1) is 0 Å². The molecule has 2 heterocycles. The molecule has 0 unspecified atom stereocenters. The minimum absolute atomic E-state index is 0.0980. The second kappa shape index (κ2) is 9.65. The monoisotopic (exact) mass is 467 g/mol. The summed E-state index contributed by atoms with van der Waals surface area (Å²) in [6.07, 6.45) is 5.48. The van der Waals surface area contributed by atoms with Gasteiger partial charge in [0.15, 0.2) is 5.82 Å². The largest absolute Gasteiger partial charge is 0.339 e. The van der Waals surface area contributed by atoms with Crippen molar-refractivity contribution >= 4 is 5.91 Å². The standard InChI is InChI=1S/C29H33N5O/c1-4-20-14-24(15-20)26-13-18(2)25(16-27(26)28-31-19(3)32-33-28)29(35)34-11-9-23(10-12-34)22-7-5-21(17-30)6-8-22/h5-8,13,16,20,23-24H,4,9-12,14-15H2,1-3H3,(H,31,32,33). The molecule has 0 radical (unpaired) electrons. The SMILES string of the molecule is CCC1CC(c2cc(C)c(C(=O)N3CCC(c4ccc(C#N)cc4)CC3)cc2-c2n[nH]c(C)n2)C1. The van der Waals surface area contributed by atoms with Crippen LogP contribution in [0.3, 0.4) is 0 Å². The molecule has 2 aromatic carbocycles. The van der Waals surface area contributed by atoms with Crippen molar-refractivity contribution in [2.45, 2.75) is 64.7 Å². The fourth-order valence-corrected chi connectivity index (χ4v) is 5.69. The Labute approximate surface area is 207 Å². The number of hydrogen-bond acceptors (Lipinski definition) is 4. The van der Waals surface area contributed by atoms with Gasteiger partial charge in [-0.1, -0.05) is 31.5 Å². The third-order valence-electron chi connectivity index (χ3n) is 8.01. The van der Waals surface area contributed by atoms with Gasteiger partial charge in [0, 0.05) is 24.2 Å². The summed E-state index contributed by atoms with van der Waals surface area (Å²) in [5.41, 5.74) is 6.01. The molecule has 1 aliphatic carbocycles. The second-order valence-corrected chi connectivity index (χ2v) is 10.2. The summed E-state index contributed by atoms with van der Waals surface area (Å²) < 4.78 is 0. The van der Waals surface area contributed by atoms with Gasteiger partial charge in [-0.2, -0.15) is 10.4 Å². The van der Waals surface area contributed by atoms with Gasteiger partial charge >= 0.3 is 0 Å². The molecule has 0 atom stereocenters. The van der Waals surface area contributed by atoms with Crippen LogP contribution in [0, 0.1) is 31.1 Å². The quantitative estimate of drug-likeness (QED) is 0.507. The van der Waals surface area contributed by atoms with Crippen LogP contribution >= 0.6 is 0 Å². The van der Waals surface area contributed by atoms with Gasteiger partial charge in [0.1, 0.15) is 5.82 Å². The summed E-state index contributed by atoms with van der Waals surface area (Å²) in [5, 5.41) is 16.5. The highest BCUT2D eigenvalue weighted by atomic mass is 16.2. The average molecular weight is 468 g/mol. The Morgan fingerprint density at radius 2 is 1.83 bits per heavy atom. The minimum atomic E-state index is 0.0980. The number of carbonyl (C=O) groups is 1. The topological polar surface area (TPSA) is 85.7 Å². The van der Waals surface area contributed by atoms with Crippen molar-refractivity contribution in [3.05, 3.63) is 70.0 Å². The van der Waals surface area contributed by atoms with Gasteiger partial charge in [-0.05, 0) is 92.2 Å². The van der Waals surface area contributed by atoms with E-state index in [4.69, 9.17) is 5.26 Å². The third-order valence-corrected chi connectivity index (χ3v) is 8.01. The molecule has 6 nitrogen and oxygen atoms in total. The lowest BCUT2D eigenvalue weighted by Gasteiger charge is -2.36. The first-order valence-electron chi connectivity index (χ1n) is 12.8. The predicted molar refractivity (Wildman–Crippen MR) is 136 cm³/mol. The van der Waals surface area contributed by atoms with Gasteiger partial charge in [-0.3, -0.25) is 9.89 Å². The van der Waals surface area contributed by atoms with Crippen molar-refractivity contribution in [3.63, 3.8) is 0 Å². The maximum atomic E-state index is 13.6. The lowest BCUT2D eigenvalue weighted by atomic mass is 9.69. The zero-order chi connectivity index (χ0) is 24.5. The first kappa shape index (κ1) is 23.3.